The number of anilines is 3. The first-order valence-corrected chi connectivity index (χ1v) is 9.33. The second kappa shape index (κ2) is 10.2. The first kappa shape index (κ1) is 20.3. The summed E-state index contributed by atoms with van der Waals surface area (Å²) in [6.45, 7) is 1.34. The van der Waals surface area contributed by atoms with Gasteiger partial charge in [-0.05, 0) is 18.6 Å². The third kappa shape index (κ3) is 5.52. The summed E-state index contributed by atoms with van der Waals surface area (Å²) in [5.74, 6) is 0.660. The zero-order valence-corrected chi connectivity index (χ0v) is 16.5. The fraction of sp³-hybridized carbons (Fsp3) is 0.227. The number of esters is 1. The van der Waals surface area contributed by atoms with Crippen molar-refractivity contribution in [2.75, 3.05) is 38.0 Å². The summed E-state index contributed by atoms with van der Waals surface area (Å²) in [4.78, 5) is 21.2. The molecule has 3 aromatic rings. The molecule has 0 aliphatic heterocycles. The molecule has 29 heavy (non-hydrogen) atoms. The standard InChI is InChI=1S/C22H24N4O3/c1-28-14-8-13-23-22-25-19(16-9-4-3-5-10-16)15-20(26-22)24-18-12-7-6-11-17(18)21(27)29-2/h3-7,9-12,15H,8,13-14H2,1-2H3,(H2,23,24,25,26). The Hall–Kier alpha value is -3.45. The van der Waals surface area contributed by atoms with Crippen LogP contribution >= 0.6 is 0 Å². The van der Waals surface area contributed by atoms with Crippen LogP contribution in [-0.2, 0) is 9.47 Å². The molecular weight excluding hydrogens is 368 g/mol. The molecule has 0 fully saturated rings. The molecule has 150 valence electrons. The summed E-state index contributed by atoms with van der Waals surface area (Å²) in [7, 11) is 3.03. The van der Waals surface area contributed by atoms with E-state index in [4.69, 9.17) is 9.47 Å². The fourth-order valence-electron chi connectivity index (χ4n) is 2.78. The number of aromatic nitrogens is 2. The van der Waals surface area contributed by atoms with Gasteiger partial charge >= 0.3 is 5.97 Å². The van der Waals surface area contributed by atoms with Gasteiger partial charge in [0.15, 0.2) is 0 Å². The van der Waals surface area contributed by atoms with E-state index < -0.39 is 5.97 Å². The second-order valence-corrected chi connectivity index (χ2v) is 6.26. The van der Waals surface area contributed by atoms with Crippen LogP contribution in [0, 0.1) is 0 Å². The lowest BCUT2D eigenvalue weighted by Crippen LogP contribution is -2.10. The number of benzene rings is 2. The van der Waals surface area contributed by atoms with Crippen molar-refractivity contribution >= 4 is 23.4 Å². The average Bonchev–Trinajstić information content (AvgIpc) is 2.77. The van der Waals surface area contributed by atoms with Crippen molar-refractivity contribution in [2.45, 2.75) is 6.42 Å². The van der Waals surface area contributed by atoms with E-state index in [1.54, 1.807) is 19.2 Å². The number of hydrogen-bond acceptors (Lipinski definition) is 7. The van der Waals surface area contributed by atoms with Crippen molar-refractivity contribution in [1.29, 1.82) is 0 Å². The Labute approximate surface area is 170 Å². The molecule has 1 heterocycles. The number of carbonyl (C=O) groups is 1. The first-order chi connectivity index (χ1) is 14.2. The van der Waals surface area contributed by atoms with Gasteiger partial charge < -0.3 is 20.1 Å². The molecule has 1 aromatic heterocycles. The zero-order valence-electron chi connectivity index (χ0n) is 16.5. The van der Waals surface area contributed by atoms with Crippen molar-refractivity contribution in [1.82, 2.24) is 9.97 Å². The maximum Gasteiger partial charge on any atom is 0.339 e. The Morgan fingerprint density at radius 3 is 2.52 bits per heavy atom. The molecular formula is C22H24N4O3. The number of carbonyl (C=O) groups excluding carboxylic acids is 1. The number of rotatable bonds is 9. The topological polar surface area (TPSA) is 85.4 Å². The van der Waals surface area contributed by atoms with E-state index in [0.717, 1.165) is 17.7 Å². The number of ether oxygens (including phenoxy) is 2. The van der Waals surface area contributed by atoms with Crippen LogP contribution < -0.4 is 10.6 Å². The molecule has 0 radical (unpaired) electrons. The highest BCUT2D eigenvalue weighted by atomic mass is 16.5. The molecule has 0 amide bonds. The van der Waals surface area contributed by atoms with Crippen molar-refractivity contribution < 1.29 is 14.3 Å². The number of methoxy groups -OCH3 is 2. The predicted octanol–water partition coefficient (Wildman–Crippen LogP) is 4.12. The molecule has 2 N–H and O–H groups in total. The molecule has 7 heteroatoms. The Balaban J connectivity index is 1.92. The summed E-state index contributed by atoms with van der Waals surface area (Å²) in [6.07, 6.45) is 0.837. The van der Waals surface area contributed by atoms with Crippen LogP contribution in [0.4, 0.5) is 17.5 Å². The lowest BCUT2D eigenvalue weighted by atomic mass is 10.1. The minimum atomic E-state index is -0.414. The molecule has 0 bridgehead atoms. The van der Waals surface area contributed by atoms with E-state index >= 15 is 0 Å². The maximum absolute atomic E-state index is 12.1. The van der Waals surface area contributed by atoms with E-state index in [1.807, 2.05) is 48.5 Å². The molecule has 0 aliphatic rings. The van der Waals surface area contributed by atoms with Gasteiger partial charge in [0.25, 0.3) is 0 Å². The minimum Gasteiger partial charge on any atom is -0.465 e. The zero-order chi connectivity index (χ0) is 20.5. The molecule has 0 unspecified atom stereocenters. The van der Waals surface area contributed by atoms with Crippen LogP contribution in [0.5, 0.6) is 0 Å². The van der Waals surface area contributed by atoms with Gasteiger partial charge in [0.1, 0.15) is 5.82 Å². The van der Waals surface area contributed by atoms with Crippen molar-refractivity contribution in [3.63, 3.8) is 0 Å². The fourth-order valence-corrected chi connectivity index (χ4v) is 2.78. The summed E-state index contributed by atoms with van der Waals surface area (Å²) in [6, 6.07) is 18.9. The van der Waals surface area contributed by atoms with Gasteiger partial charge in [0.05, 0.1) is 24.1 Å². The lowest BCUT2D eigenvalue weighted by Gasteiger charge is -2.13. The summed E-state index contributed by atoms with van der Waals surface area (Å²) in [5.41, 5.74) is 2.79. The molecule has 0 spiro atoms. The van der Waals surface area contributed by atoms with Crippen LogP contribution in [0.2, 0.25) is 0 Å². The van der Waals surface area contributed by atoms with Crippen molar-refractivity contribution in [3.8, 4) is 11.3 Å². The third-order valence-corrected chi connectivity index (χ3v) is 4.20. The predicted molar refractivity (Wildman–Crippen MR) is 114 cm³/mol. The number of para-hydroxylation sites is 1. The summed E-state index contributed by atoms with van der Waals surface area (Å²) >= 11 is 0. The van der Waals surface area contributed by atoms with Crippen LogP contribution in [0.1, 0.15) is 16.8 Å². The van der Waals surface area contributed by atoms with Crippen LogP contribution in [0.25, 0.3) is 11.3 Å². The average molecular weight is 392 g/mol. The van der Waals surface area contributed by atoms with Gasteiger partial charge in [-0.1, -0.05) is 42.5 Å². The highest BCUT2D eigenvalue weighted by Gasteiger charge is 2.13. The van der Waals surface area contributed by atoms with Gasteiger partial charge in [-0.3, -0.25) is 0 Å². The van der Waals surface area contributed by atoms with Crippen molar-refractivity contribution in [2.24, 2.45) is 0 Å². The largest absolute Gasteiger partial charge is 0.465 e. The minimum absolute atomic E-state index is 0.414. The summed E-state index contributed by atoms with van der Waals surface area (Å²) in [5, 5.41) is 6.45. The monoisotopic (exact) mass is 392 g/mol. The maximum atomic E-state index is 12.1. The van der Waals surface area contributed by atoms with E-state index in [0.29, 0.717) is 36.2 Å². The molecule has 3 rings (SSSR count). The van der Waals surface area contributed by atoms with E-state index in [-0.39, 0.29) is 0 Å². The third-order valence-electron chi connectivity index (χ3n) is 4.20. The molecule has 0 saturated carbocycles. The normalized spacial score (nSPS) is 10.4. The van der Waals surface area contributed by atoms with Gasteiger partial charge in [0.2, 0.25) is 5.95 Å². The van der Waals surface area contributed by atoms with Crippen LogP contribution in [0.15, 0.2) is 60.7 Å². The number of nitrogens with one attached hydrogen (secondary N) is 2. The van der Waals surface area contributed by atoms with Crippen LogP contribution in [-0.4, -0.2) is 43.3 Å². The summed E-state index contributed by atoms with van der Waals surface area (Å²) < 4.78 is 9.96. The SMILES string of the molecule is COCCCNc1nc(Nc2ccccc2C(=O)OC)cc(-c2ccccc2)n1. The highest BCUT2D eigenvalue weighted by molar-refractivity contribution is 5.96. The smallest absolute Gasteiger partial charge is 0.339 e. The van der Waals surface area contributed by atoms with Crippen LogP contribution in [0.3, 0.4) is 0 Å². The van der Waals surface area contributed by atoms with Gasteiger partial charge in [0, 0.05) is 31.9 Å². The Bertz CT molecular complexity index is 948. The van der Waals surface area contributed by atoms with E-state index in [2.05, 4.69) is 20.6 Å². The molecule has 0 saturated heterocycles. The number of nitrogens with zero attached hydrogens (tertiary/aromatic N) is 2. The molecule has 0 atom stereocenters. The van der Waals surface area contributed by atoms with E-state index in [1.165, 1.54) is 7.11 Å². The van der Waals surface area contributed by atoms with Gasteiger partial charge in [-0.25, -0.2) is 9.78 Å². The highest BCUT2D eigenvalue weighted by Crippen LogP contribution is 2.25. The quantitative estimate of drug-likeness (QED) is 0.418. The Morgan fingerprint density at radius 2 is 1.76 bits per heavy atom. The second-order valence-electron chi connectivity index (χ2n) is 6.26. The van der Waals surface area contributed by atoms with Gasteiger partial charge in [-0.2, -0.15) is 4.98 Å². The first-order valence-electron chi connectivity index (χ1n) is 9.33. The number of hydrogen-bond donors (Lipinski definition) is 2. The Morgan fingerprint density at radius 1 is 1.00 bits per heavy atom. The van der Waals surface area contributed by atoms with E-state index in [9.17, 15) is 4.79 Å². The van der Waals surface area contributed by atoms with Gasteiger partial charge in [-0.15, -0.1) is 0 Å². The molecule has 2 aromatic carbocycles. The molecule has 0 aliphatic carbocycles. The molecule has 7 nitrogen and oxygen atoms in total. The lowest BCUT2D eigenvalue weighted by molar-refractivity contribution is 0.0602. The van der Waals surface area contributed by atoms with Crippen molar-refractivity contribution in [3.05, 3.63) is 66.2 Å². The Kier molecular flexibility index (Phi) is 7.13.